The standard InChI is InChI=1S/C11H12IN3/c1-7-10-9(12)5-15(8-3-2-4-8)11(10)14-6-13-7/h5-6,8H,2-4H2,1H3. The van der Waals surface area contributed by atoms with Crippen molar-refractivity contribution >= 4 is 33.6 Å². The van der Waals surface area contributed by atoms with E-state index in [0.29, 0.717) is 6.04 Å². The topological polar surface area (TPSA) is 30.7 Å². The van der Waals surface area contributed by atoms with Gasteiger partial charge in [-0.15, -0.1) is 0 Å². The lowest BCUT2D eigenvalue weighted by Crippen LogP contribution is -2.16. The van der Waals surface area contributed by atoms with E-state index in [4.69, 9.17) is 0 Å². The third-order valence-corrected chi connectivity index (χ3v) is 4.04. The average molecular weight is 313 g/mol. The summed E-state index contributed by atoms with van der Waals surface area (Å²) in [7, 11) is 0. The van der Waals surface area contributed by atoms with E-state index in [1.807, 2.05) is 0 Å². The summed E-state index contributed by atoms with van der Waals surface area (Å²) < 4.78 is 3.60. The quantitative estimate of drug-likeness (QED) is 0.758. The first-order chi connectivity index (χ1) is 7.27. The van der Waals surface area contributed by atoms with Gasteiger partial charge in [-0.1, -0.05) is 0 Å². The summed E-state index contributed by atoms with van der Waals surface area (Å²) in [6.07, 6.45) is 7.83. The largest absolute Gasteiger partial charge is 0.328 e. The zero-order chi connectivity index (χ0) is 10.4. The normalized spacial score (nSPS) is 16.9. The van der Waals surface area contributed by atoms with Crippen LogP contribution in [-0.2, 0) is 0 Å². The van der Waals surface area contributed by atoms with E-state index in [9.17, 15) is 0 Å². The number of nitrogens with zero attached hydrogens (tertiary/aromatic N) is 3. The molecule has 0 bridgehead atoms. The van der Waals surface area contributed by atoms with Crippen LogP contribution in [0.1, 0.15) is 31.0 Å². The zero-order valence-corrected chi connectivity index (χ0v) is 10.7. The summed E-state index contributed by atoms with van der Waals surface area (Å²) in [5, 5.41) is 1.23. The molecular formula is C11H12IN3. The molecule has 0 N–H and O–H groups in total. The average Bonchev–Trinajstić information content (AvgIpc) is 2.43. The molecule has 4 heteroatoms. The van der Waals surface area contributed by atoms with Crippen molar-refractivity contribution in [2.75, 3.05) is 0 Å². The van der Waals surface area contributed by atoms with Gasteiger partial charge in [-0.05, 0) is 48.8 Å². The second-order valence-corrected chi connectivity index (χ2v) is 5.29. The van der Waals surface area contributed by atoms with Crippen LogP contribution in [0.15, 0.2) is 12.5 Å². The van der Waals surface area contributed by atoms with E-state index in [1.54, 1.807) is 6.33 Å². The molecule has 2 aromatic heterocycles. The minimum Gasteiger partial charge on any atom is -0.328 e. The van der Waals surface area contributed by atoms with Gasteiger partial charge in [0.05, 0.1) is 11.1 Å². The fourth-order valence-corrected chi connectivity index (χ4v) is 3.06. The predicted molar refractivity (Wildman–Crippen MR) is 67.9 cm³/mol. The van der Waals surface area contributed by atoms with Gasteiger partial charge in [0.15, 0.2) is 0 Å². The monoisotopic (exact) mass is 313 g/mol. The maximum atomic E-state index is 4.41. The fourth-order valence-electron chi connectivity index (χ4n) is 2.13. The van der Waals surface area contributed by atoms with Crippen molar-refractivity contribution in [3.8, 4) is 0 Å². The summed E-state index contributed by atoms with van der Waals surface area (Å²) >= 11 is 2.38. The van der Waals surface area contributed by atoms with Gasteiger partial charge >= 0.3 is 0 Å². The van der Waals surface area contributed by atoms with Crippen molar-refractivity contribution in [2.24, 2.45) is 0 Å². The Morgan fingerprint density at radius 2 is 2.20 bits per heavy atom. The molecule has 2 heterocycles. The van der Waals surface area contributed by atoms with Crippen molar-refractivity contribution in [3.63, 3.8) is 0 Å². The summed E-state index contributed by atoms with van der Waals surface area (Å²) in [4.78, 5) is 8.67. The molecule has 3 rings (SSSR count). The lowest BCUT2D eigenvalue weighted by Gasteiger charge is -2.27. The van der Waals surface area contributed by atoms with Crippen molar-refractivity contribution < 1.29 is 0 Å². The fraction of sp³-hybridized carbons (Fsp3) is 0.455. The van der Waals surface area contributed by atoms with Crippen LogP contribution in [0.4, 0.5) is 0 Å². The van der Waals surface area contributed by atoms with E-state index in [-0.39, 0.29) is 0 Å². The number of halogens is 1. The van der Waals surface area contributed by atoms with Crippen molar-refractivity contribution in [3.05, 3.63) is 21.8 Å². The Labute approximate surface area is 102 Å². The number of aryl methyl sites for hydroxylation is 1. The van der Waals surface area contributed by atoms with Crippen LogP contribution in [0.5, 0.6) is 0 Å². The van der Waals surface area contributed by atoms with Gasteiger partial charge in [0.25, 0.3) is 0 Å². The highest BCUT2D eigenvalue weighted by Gasteiger charge is 2.22. The molecule has 15 heavy (non-hydrogen) atoms. The van der Waals surface area contributed by atoms with Gasteiger partial charge in [0.2, 0.25) is 0 Å². The van der Waals surface area contributed by atoms with E-state index in [1.165, 1.54) is 28.2 Å². The number of hydrogen-bond acceptors (Lipinski definition) is 2. The molecule has 3 nitrogen and oxygen atoms in total. The first-order valence-electron chi connectivity index (χ1n) is 5.25. The number of aromatic nitrogens is 3. The van der Waals surface area contributed by atoms with E-state index >= 15 is 0 Å². The molecule has 0 atom stereocenters. The molecule has 0 unspecified atom stereocenters. The number of fused-ring (bicyclic) bond motifs is 1. The molecule has 1 fully saturated rings. The number of rotatable bonds is 1. The Kier molecular flexibility index (Phi) is 2.19. The van der Waals surface area contributed by atoms with Crippen molar-refractivity contribution in [2.45, 2.75) is 32.2 Å². The van der Waals surface area contributed by atoms with Gasteiger partial charge in [0.1, 0.15) is 12.0 Å². The van der Waals surface area contributed by atoms with Crippen LogP contribution in [0.3, 0.4) is 0 Å². The Balaban J connectivity index is 2.27. The highest BCUT2D eigenvalue weighted by atomic mass is 127. The lowest BCUT2D eigenvalue weighted by atomic mass is 9.93. The summed E-state index contributed by atoms with van der Waals surface area (Å²) in [6, 6.07) is 0.672. The third-order valence-electron chi connectivity index (χ3n) is 3.22. The van der Waals surface area contributed by atoms with Crippen LogP contribution in [0.2, 0.25) is 0 Å². The predicted octanol–water partition coefficient (Wildman–Crippen LogP) is 3.07. The SMILES string of the molecule is Cc1ncnc2c1c(I)cn2C1CCC1. The molecule has 0 spiro atoms. The maximum Gasteiger partial charge on any atom is 0.144 e. The van der Waals surface area contributed by atoms with Gasteiger partial charge in [-0.25, -0.2) is 9.97 Å². The van der Waals surface area contributed by atoms with Crippen LogP contribution in [-0.4, -0.2) is 14.5 Å². The van der Waals surface area contributed by atoms with Gasteiger partial charge < -0.3 is 4.57 Å². The lowest BCUT2D eigenvalue weighted by molar-refractivity contribution is 0.320. The molecule has 0 saturated heterocycles. The molecule has 1 aliphatic carbocycles. The first kappa shape index (κ1) is 9.57. The van der Waals surface area contributed by atoms with Gasteiger partial charge in [-0.2, -0.15) is 0 Å². The second-order valence-electron chi connectivity index (χ2n) is 4.13. The van der Waals surface area contributed by atoms with Crippen molar-refractivity contribution in [1.82, 2.24) is 14.5 Å². The maximum absolute atomic E-state index is 4.41. The van der Waals surface area contributed by atoms with Crippen LogP contribution in [0.25, 0.3) is 11.0 Å². The zero-order valence-electron chi connectivity index (χ0n) is 8.57. The molecule has 1 aliphatic rings. The Morgan fingerprint density at radius 3 is 2.87 bits per heavy atom. The molecular weight excluding hydrogens is 301 g/mol. The summed E-state index contributed by atoms with van der Waals surface area (Å²) in [6.45, 7) is 2.05. The number of hydrogen-bond donors (Lipinski definition) is 0. The Bertz CT molecular complexity index is 514. The van der Waals surface area contributed by atoms with E-state index in [2.05, 4.69) is 50.2 Å². The molecule has 0 radical (unpaired) electrons. The first-order valence-corrected chi connectivity index (χ1v) is 6.33. The Morgan fingerprint density at radius 1 is 1.40 bits per heavy atom. The molecule has 78 valence electrons. The summed E-state index contributed by atoms with van der Waals surface area (Å²) in [5.41, 5.74) is 2.19. The van der Waals surface area contributed by atoms with Crippen LogP contribution < -0.4 is 0 Å². The smallest absolute Gasteiger partial charge is 0.144 e. The minimum absolute atomic E-state index is 0.672. The highest BCUT2D eigenvalue weighted by Crippen LogP contribution is 2.36. The van der Waals surface area contributed by atoms with Crippen LogP contribution in [0, 0.1) is 10.5 Å². The molecule has 0 aromatic carbocycles. The molecule has 2 aromatic rings. The molecule has 1 saturated carbocycles. The third kappa shape index (κ3) is 1.38. The summed E-state index contributed by atoms with van der Waals surface area (Å²) in [5.74, 6) is 0. The minimum atomic E-state index is 0.672. The Hall–Kier alpha value is -0.650. The van der Waals surface area contributed by atoms with Gasteiger partial charge in [0, 0.05) is 15.8 Å². The van der Waals surface area contributed by atoms with Gasteiger partial charge in [-0.3, -0.25) is 0 Å². The van der Waals surface area contributed by atoms with Crippen LogP contribution >= 0.6 is 22.6 Å². The highest BCUT2D eigenvalue weighted by molar-refractivity contribution is 14.1. The van der Waals surface area contributed by atoms with E-state index < -0.39 is 0 Å². The van der Waals surface area contributed by atoms with Crippen molar-refractivity contribution in [1.29, 1.82) is 0 Å². The van der Waals surface area contributed by atoms with E-state index in [0.717, 1.165) is 11.3 Å². The second kappa shape index (κ2) is 3.43. The molecule has 0 aliphatic heterocycles. The molecule has 0 amide bonds.